The smallest absolute Gasteiger partial charge is 0.243 e. The molecule has 3 aromatic rings. The molecule has 6 nitrogen and oxygen atoms in total. The third-order valence-electron chi connectivity index (χ3n) is 8.07. The fourth-order valence-electron chi connectivity index (χ4n) is 6.22. The fraction of sp³-hybridized carbons (Fsp3) is 0.533. The number of hydrogen-bond donors (Lipinski definition) is 0. The molecule has 0 unspecified atom stereocenters. The van der Waals surface area contributed by atoms with E-state index in [-0.39, 0.29) is 12.5 Å². The van der Waals surface area contributed by atoms with Crippen LogP contribution < -0.4 is 9.47 Å². The lowest BCUT2D eigenvalue weighted by Gasteiger charge is -2.42. The number of imidazole rings is 1. The molecule has 0 saturated heterocycles. The summed E-state index contributed by atoms with van der Waals surface area (Å²) in [6.45, 7) is 2.38. The molecule has 0 N–H and O–H groups in total. The molecule has 1 heterocycles. The van der Waals surface area contributed by atoms with Crippen LogP contribution in [0.3, 0.4) is 0 Å². The predicted molar refractivity (Wildman–Crippen MR) is 144 cm³/mol. The van der Waals surface area contributed by atoms with Gasteiger partial charge in [0.15, 0.2) is 0 Å². The Morgan fingerprint density at radius 3 is 2.19 bits per heavy atom. The third kappa shape index (κ3) is 4.95. The van der Waals surface area contributed by atoms with Gasteiger partial charge in [-0.3, -0.25) is 4.79 Å². The first-order valence-electron chi connectivity index (χ1n) is 13.6. The Hall–Kier alpha value is -3.02. The highest BCUT2D eigenvalue weighted by molar-refractivity contribution is 5.86. The topological polar surface area (TPSA) is 56.6 Å². The minimum atomic E-state index is 0.225. The molecular weight excluding hydrogens is 450 g/mol. The number of methoxy groups -OCH3 is 2. The molecule has 6 heteroatoms. The lowest BCUT2D eigenvalue weighted by molar-refractivity contribution is -0.138. The van der Waals surface area contributed by atoms with Crippen molar-refractivity contribution in [3.8, 4) is 22.9 Å². The number of fused-ring (bicyclic) bond motifs is 1. The van der Waals surface area contributed by atoms with Gasteiger partial charge in [-0.1, -0.05) is 44.6 Å². The van der Waals surface area contributed by atoms with E-state index in [1.54, 1.807) is 14.2 Å². The van der Waals surface area contributed by atoms with Gasteiger partial charge in [-0.15, -0.1) is 0 Å². The normalized spacial score (nSPS) is 17.3. The molecule has 1 amide bonds. The Morgan fingerprint density at radius 1 is 0.917 bits per heavy atom. The molecule has 192 valence electrons. The number of hydrogen-bond acceptors (Lipinski definition) is 4. The van der Waals surface area contributed by atoms with Crippen LogP contribution >= 0.6 is 0 Å². The first kappa shape index (κ1) is 24.7. The molecular formula is C30H39N3O3. The maximum atomic E-state index is 14.2. The van der Waals surface area contributed by atoms with Crippen LogP contribution in [0.1, 0.15) is 69.8 Å². The van der Waals surface area contributed by atoms with E-state index in [9.17, 15) is 4.79 Å². The van der Waals surface area contributed by atoms with Crippen molar-refractivity contribution in [2.75, 3.05) is 14.2 Å². The van der Waals surface area contributed by atoms with E-state index >= 15 is 0 Å². The quantitative estimate of drug-likeness (QED) is 0.379. The minimum Gasteiger partial charge on any atom is -0.497 e. The second-order valence-corrected chi connectivity index (χ2v) is 10.5. The van der Waals surface area contributed by atoms with Crippen LogP contribution in [0.5, 0.6) is 11.5 Å². The zero-order valence-corrected chi connectivity index (χ0v) is 22.0. The Balaban J connectivity index is 1.56. The number of amides is 1. The standard InChI is InChI=1S/C30H39N3O3/c1-21-14-17-26-27(18-21)32(30(31-26)25-16-15-24(35-2)19-28(25)36-3)20-29(34)33(22-10-6-4-7-11-22)23-12-8-5-9-13-23/h14-19,22-23H,4-13,20H2,1-3H3. The van der Waals surface area contributed by atoms with E-state index in [1.165, 1.54) is 38.5 Å². The number of carbonyl (C=O) groups excluding carboxylic acids is 1. The van der Waals surface area contributed by atoms with E-state index in [4.69, 9.17) is 14.5 Å². The largest absolute Gasteiger partial charge is 0.497 e. The highest BCUT2D eigenvalue weighted by Gasteiger charge is 2.33. The summed E-state index contributed by atoms with van der Waals surface area (Å²) in [5.41, 5.74) is 3.90. The Morgan fingerprint density at radius 2 is 1.58 bits per heavy atom. The van der Waals surface area contributed by atoms with Crippen molar-refractivity contribution in [2.24, 2.45) is 0 Å². The van der Waals surface area contributed by atoms with Crippen molar-refractivity contribution in [3.05, 3.63) is 42.0 Å². The maximum Gasteiger partial charge on any atom is 0.243 e. The number of nitrogens with zero attached hydrogens (tertiary/aromatic N) is 3. The average Bonchev–Trinajstić information content (AvgIpc) is 3.26. The fourth-order valence-corrected chi connectivity index (χ4v) is 6.22. The molecule has 2 aliphatic carbocycles. The second-order valence-electron chi connectivity index (χ2n) is 10.5. The van der Waals surface area contributed by atoms with Gasteiger partial charge >= 0.3 is 0 Å². The van der Waals surface area contributed by atoms with E-state index in [0.717, 1.165) is 59.4 Å². The lowest BCUT2D eigenvalue weighted by Crippen LogP contribution is -2.50. The van der Waals surface area contributed by atoms with Gasteiger partial charge in [-0.2, -0.15) is 0 Å². The number of benzene rings is 2. The Bertz CT molecular complexity index is 1190. The number of carbonyl (C=O) groups is 1. The van der Waals surface area contributed by atoms with Crippen LogP contribution in [0.2, 0.25) is 0 Å². The van der Waals surface area contributed by atoms with Crippen molar-refractivity contribution < 1.29 is 14.3 Å². The molecule has 0 radical (unpaired) electrons. The van der Waals surface area contributed by atoms with Crippen molar-refractivity contribution >= 4 is 16.9 Å². The summed E-state index contributed by atoms with van der Waals surface area (Å²) in [6, 6.07) is 12.8. The van der Waals surface area contributed by atoms with E-state index in [0.29, 0.717) is 17.8 Å². The van der Waals surface area contributed by atoms with Crippen LogP contribution in [-0.2, 0) is 11.3 Å². The molecule has 0 bridgehead atoms. The van der Waals surface area contributed by atoms with E-state index < -0.39 is 0 Å². The second kappa shape index (κ2) is 10.9. The summed E-state index contributed by atoms with van der Waals surface area (Å²) < 4.78 is 13.3. The summed E-state index contributed by atoms with van der Waals surface area (Å²) >= 11 is 0. The Kier molecular flexibility index (Phi) is 7.49. The number of aryl methyl sites for hydroxylation is 1. The maximum absolute atomic E-state index is 14.2. The van der Waals surface area contributed by atoms with Crippen LogP contribution in [0.15, 0.2) is 36.4 Å². The van der Waals surface area contributed by atoms with Crippen LogP contribution in [0, 0.1) is 6.92 Å². The van der Waals surface area contributed by atoms with Gasteiger partial charge in [0.2, 0.25) is 5.91 Å². The van der Waals surface area contributed by atoms with Crippen LogP contribution in [0.4, 0.5) is 0 Å². The van der Waals surface area contributed by atoms with Gasteiger partial charge in [0.05, 0.1) is 30.8 Å². The monoisotopic (exact) mass is 489 g/mol. The van der Waals surface area contributed by atoms with E-state index in [2.05, 4.69) is 28.5 Å². The summed E-state index contributed by atoms with van der Waals surface area (Å²) in [5, 5.41) is 0. The molecule has 0 spiro atoms. The summed E-state index contributed by atoms with van der Waals surface area (Å²) in [5.74, 6) is 2.40. The molecule has 36 heavy (non-hydrogen) atoms. The summed E-state index contributed by atoms with van der Waals surface area (Å²) in [6.07, 6.45) is 12.0. The molecule has 2 aromatic carbocycles. The van der Waals surface area contributed by atoms with Gasteiger partial charge in [-0.25, -0.2) is 4.98 Å². The first-order valence-corrected chi connectivity index (χ1v) is 13.6. The number of aromatic nitrogens is 2. The predicted octanol–water partition coefficient (Wildman–Crippen LogP) is 6.52. The van der Waals surface area contributed by atoms with Gasteiger partial charge < -0.3 is 18.9 Å². The molecule has 5 rings (SSSR count). The van der Waals surface area contributed by atoms with Gasteiger partial charge in [-0.05, 0) is 62.4 Å². The minimum absolute atomic E-state index is 0.225. The van der Waals surface area contributed by atoms with Gasteiger partial charge in [0.1, 0.15) is 23.9 Å². The molecule has 0 aliphatic heterocycles. The number of ether oxygens (including phenoxy) is 2. The molecule has 1 aromatic heterocycles. The van der Waals surface area contributed by atoms with Gasteiger partial charge in [0, 0.05) is 18.2 Å². The highest BCUT2D eigenvalue weighted by Crippen LogP contribution is 2.36. The van der Waals surface area contributed by atoms with Crippen LogP contribution in [0.25, 0.3) is 22.4 Å². The summed E-state index contributed by atoms with van der Waals surface area (Å²) in [4.78, 5) is 21.5. The molecule has 2 aliphatic rings. The Labute approximate surface area is 214 Å². The molecule has 2 fully saturated rings. The highest BCUT2D eigenvalue weighted by atomic mass is 16.5. The van der Waals surface area contributed by atoms with Gasteiger partial charge in [0.25, 0.3) is 0 Å². The molecule has 0 atom stereocenters. The molecule has 2 saturated carbocycles. The first-order chi connectivity index (χ1) is 17.6. The van der Waals surface area contributed by atoms with Crippen molar-refractivity contribution in [1.29, 1.82) is 0 Å². The number of rotatable bonds is 7. The zero-order chi connectivity index (χ0) is 25.1. The third-order valence-corrected chi connectivity index (χ3v) is 8.07. The summed E-state index contributed by atoms with van der Waals surface area (Å²) in [7, 11) is 3.31. The average molecular weight is 490 g/mol. The van der Waals surface area contributed by atoms with Crippen molar-refractivity contribution in [3.63, 3.8) is 0 Å². The lowest BCUT2D eigenvalue weighted by atomic mass is 9.88. The van der Waals surface area contributed by atoms with Crippen molar-refractivity contribution in [1.82, 2.24) is 14.5 Å². The van der Waals surface area contributed by atoms with E-state index in [1.807, 2.05) is 24.3 Å². The van der Waals surface area contributed by atoms with Crippen LogP contribution in [-0.4, -0.2) is 46.7 Å². The van der Waals surface area contributed by atoms with Crippen molar-refractivity contribution in [2.45, 2.75) is 89.8 Å². The SMILES string of the molecule is COc1ccc(-c2nc3ccc(C)cc3n2CC(=O)N(C2CCCCC2)C2CCCCC2)c(OC)c1. The zero-order valence-electron chi connectivity index (χ0n) is 22.0.